The summed E-state index contributed by atoms with van der Waals surface area (Å²) in [5, 5.41) is 3.09. The third-order valence-electron chi connectivity index (χ3n) is 3.03. The maximum atomic E-state index is 12.1. The summed E-state index contributed by atoms with van der Waals surface area (Å²) in [7, 11) is 0. The molecule has 2 rings (SSSR count). The summed E-state index contributed by atoms with van der Waals surface area (Å²) in [5.41, 5.74) is -0.0339. The van der Waals surface area contributed by atoms with Gasteiger partial charge in [-0.3, -0.25) is 4.79 Å². The Bertz CT molecular complexity index is 454. The number of halogens is 1. The fourth-order valence-electron chi connectivity index (χ4n) is 1.99. The van der Waals surface area contributed by atoms with Crippen LogP contribution in [0.25, 0.3) is 0 Å². The summed E-state index contributed by atoms with van der Waals surface area (Å²) in [6.07, 6.45) is 6.55. The van der Waals surface area contributed by atoms with E-state index in [2.05, 4.69) is 24.1 Å². The van der Waals surface area contributed by atoms with Gasteiger partial charge in [0, 0.05) is 25.0 Å². The fraction of sp³-hybridized carbons (Fsp3) is 0.692. The van der Waals surface area contributed by atoms with Crippen LogP contribution in [0.5, 0.6) is 0 Å². The highest BCUT2D eigenvalue weighted by Gasteiger charge is 2.25. The summed E-state index contributed by atoms with van der Waals surface area (Å²) in [6, 6.07) is 0.378. The average Bonchev–Trinajstić information content (AvgIpc) is 3.10. The molecule has 1 aromatic rings. The van der Waals surface area contributed by atoms with E-state index in [-0.39, 0.29) is 10.9 Å². The minimum atomic E-state index is -0.0339. The quantitative estimate of drug-likeness (QED) is 0.808. The number of aromatic nitrogens is 2. The molecule has 0 radical (unpaired) electrons. The second-order valence-electron chi connectivity index (χ2n) is 5.33. The number of nitrogens with one attached hydrogen (secondary N) is 1. The van der Waals surface area contributed by atoms with Crippen LogP contribution in [-0.4, -0.2) is 21.5 Å². The number of hydrogen-bond donors (Lipinski definition) is 1. The number of alkyl halides is 1. The third kappa shape index (κ3) is 3.48. The van der Waals surface area contributed by atoms with E-state index in [1.165, 1.54) is 0 Å². The van der Waals surface area contributed by atoms with Gasteiger partial charge in [0.1, 0.15) is 0 Å². The molecule has 1 aliphatic carbocycles. The van der Waals surface area contributed by atoms with Gasteiger partial charge in [0.25, 0.3) is 5.56 Å². The van der Waals surface area contributed by atoms with Gasteiger partial charge >= 0.3 is 0 Å². The van der Waals surface area contributed by atoms with Gasteiger partial charge in [0.2, 0.25) is 0 Å². The standard InChI is InChI=1S/C13H20ClN3O/c1-9(2)7-10(14)8-16-12-13(18)17(6-5-15-12)11-3-4-11/h5-6,9-11H,3-4,7-8H2,1-2H3,(H,15,16). The van der Waals surface area contributed by atoms with Gasteiger partial charge in [-0.2, -0.15) is 0 Å². The molecule has 1 heterocycles. The SMILES string of the molecule is CC(C)CC(Cl)CNc1nccn(C2CC2)c1=O. The van der Waals surface area contributed by atoms with Crippen LogP contribution >= 0.6 is 11.6 Å². The molecule has 4 nitrogen and oxygen atoms in total. The molecule has 100 valence electrons. The molecule has 1 aliphatic rings. The highest BCUT2D eigenvalue weighted by atomic mass is 35.5. The minimum absolute atomic E-state index is 0.0285. The first-order valence-electron chi connectivity index (χ1n) is 6.53. The van der Waals surface area contributed by atoms with Crippen molar-refractivity contribution in [2.75, 3.05) is 11.9 Å². The lowest BCUT2D eigenvalue weighted by molar-refractivity contribution is 0.571. The van der Waals surface area contributed by atoms with Crippen LogP contribution in [0.2, 0.25) is 0 Å². The van der Waals surface area contributed by atoms with E-state index in [1.807, 2.05) is 0 Å². The van der Waals surface area contributed by atoms with Crippen LogP contribution in [0.1, 0.15) is 39.2 Å². The third-order valence-corrected chi connectivity index (χ3v) is 3.36. The van der Waals surface area contributed by atoms with Crippen molar-refractivity contribution in [2.45, 2.75) is 44.5 Å². The fourth-order valence-corrected chi connectivity index (χ4v) is 2.42. The van der Waals surface area contributed by atoms with Crippen molar-refractivity contribution in [3.8, 4) is 0 Å². The van der Waals surface area contributed by atoms with Crippen molar-refractivity contribution < 1.29 is 0 Å². The number of anilines is 1. The van der Waals surface area contributed by atoms with Crippen molar-refractivity contribution in [3.63, 3.8) is 0 Å². The number of nitrogens with zero attached hydrogens (tertiary/aromatic N) is 2. The second kappa shape index (κ2) is 5.74. The Morgan fingerprint density at radius 2 is 2.28 bits per heavy atom. The molecule has 0 bridgehead atoms. The van der Waals surface area contributed by atoms with E-state index in [1.54, 1.807) is 17.0 Å². The largest absolute Gasteiger partial charge is 0.364 e. The smallest absolute Gasteiger partial charge is 0.293 e. The Labute approximate surface area is 112 Å². The summed E-state index contributed by atoms with van der Waals surface area (Å²) >= 11 is 6.19. The zero-order valence-corrected chi connectivity index (χ0v) is 11.7. The first-order chi connectivity index (χ1) is 8.58. The van der Waals surface area contributed by atoms with Gasteiger partial charge in [0.15, 0.2) is 5.82 Å². The maximum Gasteiger partial charge on any atom is 0.293 e. The van der Waals surface area contributed by atoms with E-state index in [4.69, 9.17) is 11.6 Å². The first-order valence-corrected chi connectivity index (χ1v) is 6.96. The molecule has 1 unspecified atom stereocenters. The molecule has 1 fully saturated rings. The molecule has 0 amide bonds. The highest BCUT2D eigenvalue weighted by molar-refractivity contribution is 6.20. The van der Waals surface area contributed by atoms with E-state index in [9.17, 15) is 4.79 Å². The van der Waals surface area contributed by atoms with Crippen LogP contribution < -0.4 is 10.9 Å². The van der Waals surface area contributed by atoms with Crippen LogP contribution in [0.3, 0.4) is 0 Å². The molecule has 0 spiro atoms. The molecule has 0 aromatic carbocycles. The molecule has 1 saturated carbocycles. The van der Waals surface area contributed by atoms with Gasteiger partial charge < -0.3 is 9.88 Å². The molecule has 1 N–H and O–H groups in total. The zero-order valence-electron chi connectivity index (χ0n) is 10.9. The van der Waals surface area contributed by atoms with E-state index < -0.39 is 0 Å². The zero-order chi connectivity index (χ0) is 13.1. The summed E-state index contributed by atoms with van der Waals surface area (Å²) in [6.45, 7) is 4.85. The van der Waals surface area contributed by atoms with Crippen molar-refractivity contribution >= 4 is 17.4 Å². The predicted molar refractivity (Wildman–Crippen MR) is 74.4 cm³/mol. The summed E-state index contributed by atoms with van der Waals surface area (Å²) in [5.74, 6) is 0.972. The molecule has 1 aromatic heterocycles. The van der Waals surface area contributed by atoms with Gasteiger partial charge in [-0.15, -0.1) is 11.6 Å². The Morgan fingerprint density at radius 3 is 2.89 bits per heavy atom. The Morgan fingerprint density at radius 1 is 1.56 bits per heavy atom. The van der Waals surface area contributed by atoms with Gasteiger partial charge in [-0.05, 0) is 25.2 Å². The van der Waals surface area contributed by atoms with Crippen LogP contribution in [0.15, 0.2) is 17.2 Å². The number of rotatable bonds is 6. The van der Waals surface area contributed by atoms with Crippen molar-refractivity contribution in [3.05, 3.63) is 22.7 Å². The monoisotopic (exact) mass is 269 g/mol. The molecular formula is C13H20ClN3O. The predicted octanol–water partition coefficient (Wildman–Crippen LogP) is 2.64. The average molecular weight is 270 g/mol. The lowest BCUT2D eigenvalue weighted by atomic mass is 10.1. The van der Waals surface area contributed by atoms with Gasteiger partial charge in [0.05, 0.1) is 5.38 Å². The van der Waals surface area contributed by atoms with Crippen LogP contribution in [0, 0.1) is 5.92 Å². The van der Waals surface area contributed by atoms with Crippen molar-refractivity contribution in [1.82, 2.24) is 9.55 Å². The normalized spacial score (nSPS) is 16.9. The lowest BCUT2D eigenvalue weighted by Crippen LogP contribution is -2.26. The summed E-state index contributed by atoms with van der Waals surface area (Å²) < 4.78 is 1.76. The molecule has 0 saturated heterocycles. The van der Waals surface area contributed by atoms with E-state index in [0.29, 0.717) is 24.3 Å². The molecule has 18 heavy (non-hydrogen) atoms. The molecule has 1 atom stereocenters. The summed E-state index contributed by atoms with van der Waals surface area (Å²) in [4.78, 5) is 16.2. The molecular weight excluding hydrogens is 250 g/mol. The molecule has 0 aliphatic heterocycles. The first kappa shape index (κ1) is 13.4. The second-order valence-corrected chi connectivity index (χ2v) is 5.94. The van der Waals surface area contributed by atoms with Crippen LogP contribution in [0.4, 0.5) is 5.82 Å². The van der Waals surface area contributed by atoms with Crippen molar-refractivity contribution in [1.29, 1.82) is 0 Å². The lowest BCUT2D eigenvalue weighted by Gasteiger charge is -2.13. The molecule has 5 heteroatoms. The van der Waals surface area contributed by atoms with Gasteiger partial charge in [-0.25, -0.2) is 4.98 Å². The van der Waals surface area contributed by atoms with Crippen molar-refractivity contribution in [2.24, 2.45) is 5.92 Å². The van der Waals surface area contributed by atoms with Crippen LogP contribution in [-0.2, 0) is 0 Å². The topological polar surface area (TPSA) is 46.9 Å². The number of hydrogen-bond acceptors (Lipinski definition) is 3. The Balaban J connectivity index is 1.97. The van der Waals surface area contributed by atoms with E-state index in [0.717, 1.165) is 19.3 Å². The maximum absolute atomic E-state index is 12.1. The van der Waals surface area contributed by atoms with Gasteiger partial charge in [-0.1, -0.05) is 13.8 Å². The Hall–Kier alpha value is -1.03. The van der Waals surface area contributed by atoms with E-state index >= 15 is 0 Å². The minimum Gasteiger partial charge on any atom is -0.364 e. The highest BCUT2D eigenvalue weighted by Crippen LogP contribution is 2.33. The Kier molecular flexibility index (Phi) is 4.27.